The number of hydrogen-bond acceptors (Lipinski definition) is 4. The van der Waals surface area contributed by atoms with Gasteiger partial charge < -0.3 is 14.1 Å². The van der Waals surface area contributed by atoms with Crippen LogP contribution >= 0.6 is 0 Å². The van der Waals surface area contributed by atoms with Gasteiger partial charge in [-0.15, -0.1) is 0 Å². The Morgan fingerprint density at radius 3 is 3.00 bits per heavy atom. The second kappa shape index (κ2) is 5.16. The molecule has 20 heavy (non-hydrogen) atoms. The zero-order chi connectivity index (χ0) is 13.9. The molecule has 0 aliphatic heterocycles. The highest BCUT2D eigenvalue weighted by Gasteiger charge is 2.13. The van der Waals surface area contributed by atoms with E-state index in [1.165, 1.54) is 0 Å². The van der Waals surface area contributed by atoms with Crippen molar-refractivity contribution >= 4 is 17.1 Å². The van der Waals surface area contributed by atoms with Gasteiger partial charge in [-0.3, -0.25) is 4.79 Å². The monoisotopic (exact) mass is 271 g/mol. The third-order valence-electron chi connectivity index (χ3n) is 3.04. The molecular weight excluding hydrogens is 258 g/mol. The maximum atomic E-state index is 10.7. The SMILES string of the molecule is O=C(O)CCc1nc2cccnc2n1Cc1ccco1. The van der Waals surface area contributed by atoms with E-state index in [9.17, 15) is 4.79 Å². The molecule has 0 unspecified atom stereocenters. The van der Waals surface area contributed by atoms with Gasteiger partial charge in [-0.25, -0.2) is 9.97 Å². The van der Waals surface area contributed by atoms with Crippen LogP contribution < -0.4 is 0 Å². The summed E-state index contributed by atoms with van der Waals surface area (Å²) in [5.41, 5.74) is 1.50. The molecule has 0 bridgehead atoms. The number of nitrogens with zero attached hydrogens (tertiary/aromatic N) is 3. The molecule has 0 aromatic carbocycles. The zero-order valence-electron chi connectivity index (χ0n) is 10.7. The van der Waals surface area contributed by atoms with Gasteiger partial charge in [0.2, 0.25) is 0 Å². The molecule has 0 atom stereocenters. The topological polar surface area (TPSA) is 81.1 Å². The first-order valence-electron chi connectivity index (χ1n) is 6.28. The summed E-state index contributed by atoms with van der Waals surface area (Å²) < 4.78 is 7.24. The van der Waals surface area contributed by atoms with Gasteiger partial charge in [0.1, 0.15) is 17.1 Å². The van der Waals surface area contributed by atoms with Gasteiger partial charge in [-0.05, 0) is 24.3 Å². The number of carboxylic acid groups (broad SMARTS) is 1. The minimum Gasteiger partial charge on any atom is -0.481 e. The zero-order valence-corrected chi connectivity index (χ0v) is 10.7. The van der Waals surface area contributed by atoms with Crippen molar-refractivity contribution in [2.75, 3.05) is 0 Å². The number of aliphatic carboxylic acids is 1. The number of rotatable bonds is 5. The fraction of sp³-hybridized carbons (Fsp3) is 0.214. The molecule has 0 aliphatic carbocycles. The second-order valence-electron chi connectivity index (χ2n) is 4.43. The Labute approximate surface area is 114 Å². The molecule has 102 valence electrons. The minimum atomic E-state index is -0.838. The smallest absolute Gasteiger partial charge is 0.303 e. The Bertz CT molecular complexity index is 731. The Kier molecular flexibility index (Phi) is 3.20. The third kappa shape index (κ3) is 2.40. The average molecular weight is 271 g/mol. The van der Waals surface area contributed by atoms with E-state index in [1.807, 2.05) is 28.8 Å². The van der Waals surface area contributed by atoms with E-state index in [-0.39, 0.29) is 6.42 Å². The summed E-state index contributed by atoms with van der Waals surface area (Å²) in [6.45, 7) is 0.496. The molecule has 0 fully saturated rings. The van der Waals surface area contributed by atoms with Crippen LogP contribution in [0.2, 0.25) is 0 Å². The summed E-state index contributed by atoms with van der Waals surface area (Å²) in [7, 11) is 0. The van der Waals surface area contributed by atoms with Crippen molar-refractivity contribution in [3.05, 3.63) is 48.3 Å². The lowest BCUT2D eigenvalue weighted by Gasteiger charge is -2.05. The predicted octanol–water partition coefficient (Wildman–Crippen LogP) is 2.09. The van der Waals surface area contributed by atoms with Crippen LogP contribution in [0.25, 0.3) is 11.2 Å². The molecule has 0 spiro atoms. The summed E-state index contributed by atoms with van der Waals surface area (Å²) in [5, 5.41) is 8.83. The Balaban J connectivity index is 2.01. The summed E-state index contributed by atoms with van der Waals surface area (Å²) in [6.07, 6.45) is 3.72. The molecule has 3 aromatic heterocycles. The van der Waals surface area contributed by atoms with Crippen LogP contribution in [-0.4, -0.2) is 25.6 Å². The van der Waals surface area contributed by atoms with Crippen molar-refractivity contribution in [2.45, 2.75) is 19.4 Å². The molecule has 3 rings (SSSR count). The van der Waals surface area contributed by atoms with Gasteiger partial charge in [0, 0.05) is 12.6 Å². The summed E-state index contributed by atoms with van der Waals surface area (Å²) in [6, 6.07) is 7.37. The van der Waals surface area contributed by atoms with Crippen LogP contribution in [0.4, 0.5) is 0 Å². The van der Waals surface area contributed by atoms with Crippen molar-refractivity contribution in [3.8, 4) is 0 Å². The van der Waals surface area contributed by atoms with Crippen molar-refractivity contribution < 1.29 is 14.3 Å². The number of aryl methyl sites for hydroxylation is 1. The van der Waals surface area contributed by atoms with Crippen LogP contribution in [0.1, 0.15) is 18.0 Å². The normalized spacial score (nSPS) is 11.0. The van der Waals surface area contributed by atoms with Crippen molar-refractivity contribution in [1.82, 2.24) is 14.5 Å². The van der Waals surface area contributed by atoms with Gasteiger partial charge >= 0.3 is 5.97 Å². The van der Waals surface area contributed by atoms with E-state index >= 15 is 0 Å². The van der Waals surface area contributed by atoms with E-state index in [1.54, 1.807) is 12.5 Å². The Morgan fingerprint density at radius 1 is 1.35 bits per heavy atom. The number of carboxylic acids is 1. The van der Waals surface area contributed by atoms with Crippen LogP contribution in [0, 0.1) is 0 Å². The molecular formula is C14H13N3O3. The van der Waals surface area contributed by atoms with E-state index in [0.29, 0.717) is 18.8 Å². The van der Waals surface area contributed by atoms with Crippen LogP contribution in [0.15, 0.2) is 41.1 Å². The molecule has 1 N–H and O–H groups in total. The number of carbonyl (C=O) groups is 1. The Hall–Kier alpha value is -2.63. The van der Waals surface area contributed by atoms with Crippen molar-refractivity contribution in [3.63, 3.8) is 0 Å². The first-order valence-corrected chi connectivity index (χ1v) is 6.28. The lowest BCUT2D eigenvalue weighted by atomic mass is 10.3. The summed E-state index contributed by atoms with van der Waals surface area (Å²) in [4.78, 5) is 19.5. The molecule has 3 heterocycles. The quantitative estimate of drug-likeness (QED) is 0.768. The van der Waals surface area contributed by atoms with Crippen LogP contribution in [-0.2, 0) is 17.8 Å². The highest BCUT2D eigenvalue weighted by atomic mass is 16.4. The highest BCUT2D eigenvalue weighted by Crippen LogP contribution is 2.17. The van der Waals surface area contributed by atoms with Crippen LogP contribution in [0.5, 0.6) is 0 Å². The molecule has 0 aliphatic rings. The first kappa shape index (κ1) is 12.4. The standard InChI is InChI=1S/C14H13N3O3/c18-13(19)6-5-12-16-11-4-1-7-15-14(11)17(12)9-10-3-2-8-20-10/h1-4,7-8H,5-6,9H2,(H,18,19). The van der Waals surface area contributed by atoms with Gasteiger partial charge in [-0.2, -0.15) is 0 Å². The number of hydrogen-bond donors (Lipinski definition) is 1. The number of imidazole rings is 1. The van der Waals surface area contributed by atoms with Crippen LogP contribution in [0.3, 0.4) is 0 Å². The number of furan rings is 1. The summed E-state index contributed by atoms with van der Waals surface area (Å²) >= 11 is 0. The Morgan fingerprint density at radius 2 is 2.25 bits per heavy atom. The van der Waals surface area contributed by atoms with Crippen molar-refractivity contribution in [1.29, 1.82) is 0 Å². The fourth-order valence-corrected chi connectivity index (χ4v) is 2.14. The van der Waals surface area contributed by atoms with E-state index < -0.39 is 5.97 Å². The summed E-state index contributed by atoms with van der Waals surface area (Å²) in [5.74, 6) is 0.651. The second-order valence-corrected chi connectivity index (χ2v) is 4.43. The molecule has 0 radical (unpaired) electrons. The molecule has 3 aromatic rings. The van der Waals surface area contributed by atoms with E-state index in [4.69, 9.17) is 9.52 Å². The fourth-order valence-electron chi connectivity index (χ4n) is 2.14. The largest absolute Gasteiger partial charge is 0.481 e. The van der Waals surface area contributed by atoms with Gasteiger partial charge in [0.15, 0.2) is 5.65 Å². The van der Waals surface area contributed by atoms with Crippen molar-refractivity contribution in [2.24, 2.45) is 0 Å². The maximum Gasteiger partial charge on any atom is 0.303 e. The van der Waals surface area contributed by atoms with Gasteiger partial charge in [0.05, 0.1) is 19.2 Å². The third-order valence-corrected chi connectivity index (χ3v) is 3.04. The number of aromatic nitrogens is 3. The molecule has 0 saturated carbocycles. The lowest BCUT2D eigenvalue weighted by molar-refractivity contribution is -0.137. The maximum absolute atomic E-state index is 10.7. The van der Waals surface area contributed by atoms with Gasteiger partial charge in [-0.1, -0.05) is 0 Å². The van der Waals surface area contributed by atoms with E-state index in [2.05, 4.69) is 9.97 Å². The molecule has 0 saturated heterocycles. The molecule has 6 heteroatoms. The van der Waals surface area contributed by atoms with Gasteiger partial charge in [0.25, 0.3) is 0 Å². The predicted molar refractivity (Wildman–Crippen MR) is 71.3 cm³/mol. The molecule has 6 nitrogen and oxygen atoms in total. The number of pyridine rings is 1. The first-order chi connectivity index (χ1) is 9.74. The molecule has 0 amide bonds. The van der Waals surface area contributed by atoms with E-state index in [0.717, 1.165) is 16.9 Å². The average Bonchev–Trinajstić information content (AvgIpc) is 3.05. The lowest BCUT2D eigenvalue weighted by Crippen LogP contribution is -2.07. The number of fused-ring (bicyclic) bond motifs is 1. The minimum absolute atomic E-state index is 0.0431. The highest BCUT2D eigenvalue weighted by molar-refractivity contribution is 5.72.